The van der Waals surface area contributed by atoms with Crippen molar-refractivity contribution < 1.29 is 59.6 Å². The lowest BCUT2D eigenvalue weighted by Gasteiger charge is -2.35. The summed E-state index contributed by atoms with van der Waals surface area (Å²) in [6.45, 7) is 6.27. The van der Waals surface area contributed by atoms with E-state index < -0.39 is 29.5 Å². The van der Waals surface area contributed by atoms with E-state index in [4.69, 9.17) is 34.2 Å². The van der Waals surface area contributed by atoms with E-state index in [9.17, 15) is 31.1 Å². The fourth-order valence-corrected chi connectivity index (χ4v) is 10.0. The van der Waals surface area contributed by atoms with Gasteiger partial charge in [0.05, 0.1) is 77.9 Å². The quantitative estimate of drug-likeness (QED) is 0.0726. The minimum absolute atomic E-state index is 0.0840. The van der Waals surface area contributed by atoms with Crippen molar-refractivity contribution in [3.05, 3.63) is 109 Å². The summed E-state index contributed by atoms with van der Waals surface area (Å²) in [5, 5.41) is 6.15. The summed E-state index contributed by atoms with van der Waals surface area (Å²) in [6, 6.07) is 17.3. The van der Waals surface area contributed by atoms with E-state index in [1.54, 1.807) is 35.2 Å². The van der Waals surface area contributed by atoms with Crippen LogP contribution < -0.4 is 40.5 Å². The van der Waals surface area contributed by atoms with Crippen LogP contribution >= 0.6 is 0 Å². The second kappa shape index (κ2) is 25.2. The zero-order valence-corrected chi connectivity index (χ0v) is 43.5. The molecule has 0 aliphatic carbocycles. The van der Waals surface area contributed by atoms with E-state index in [0.29, 0.717) is 79.0 Å². The molecule has 25 heteroatoms. The molecule has 80 heavy (non-hydrogen) atoms. The number of halogens is 6. The van der Waals surface area contributed by atoms with Gasteiger partial charge < -0.3 is 49.3 Å². The number of carbonyl (C=O) groups excluding carboxylic acids is 1. The normalized spacial score (nSPS) is 20.0. The molecular formula is C55H60F6N12O7. The fourth-order valence-electron chi connectivity index (χ4n) is 10.0. The van der Waals surface area contributed by atoms with Gasteiger partial charge in [0.1, 0.15) is 19.0 Å². The maximum atomic E-state index is 13.6. The number of nitrogens with two attached hydrogens (primary N) is 1. The molecule has 424 valence electrons. The Morgan fingerprint density at radius 1 is 0.650 bits per heavy atom. The van der Waals surface area contributed by atoms with Crippen LogP contribution in [0.4, 0.5) is 65.8 Å². The minimum atomic E-state index is -4.48. The first-order valence-electron chi connectivity index (χ1n) is 26.6. The zero-order chi connectivity index (χ0) is 55.6. The predicted octanol–water partition coefficient (Wildman–Crippen LogP) is 9.86. The number of nitrogen functional groups attached to an aromatic ring is 1. The molecule has 12 rings (SSSR count). The second-order valence-electron chi connectivity index (χ2n) is 19.6. The average molecular weight is 1120 g/mol. The highest BCUT2D eigenvalue weighted by atomic mass is 19.4. The van der Waals surface area contributed by atoms with E-state index in [0.717, 1.165) is 119 Å². The summed E-state index contributed by atoms with van der Waals surface area (Å²) in [7, 11) is 0. The van der Waals surface area contributed by atoms with Gasteiger partial charge in [-0.15, -0.1) is 0 Å². The first-order chi connectivity index (χ1) is 38.7. The smallest absolute Gasteiger partial charge is 0.416 e. The molecule has 2 amide bonds. The van der Waals surface area contributed by atoms with Gasteiger partial charge >= 0.3 is 18.4 Å². The number of nitrogens with zero attached hydrogens (tertiary/aromatic N) is 9. The van der Waals surface area contributed by atoms with E-state index in [2.05, 4.69) is 50.3 Å². The van der Waals surface area contributed by atoms with Crippen LogP contribution in [0.1, 0.15) is 62.5 Å². The van der Waals surface area contributed by atoms with Crippen molar-refractivity contribution in [3.8, 4) is 34.3 Å². The van der Waals surface area contributed by atoms with Crippen molar-refractivity contribution in [2.24, 2.45) is 0 Å². The molecule has 4 atom stereocenters. The lowest BCUT2D eigenvalue weighted by Crippen LogP contribution is -2.48. The highest BCUT2D eigenvalue weighted by Gasteiger charge is 2.41. The van der Waals surface area contributed by atoms with Crippen LogP contribution in [0.5, 0.6) is 11.8 Å². The van der Waals surface area contributed by atoms with E-state index >= 15 is 0 Å². The van der Waals surface area contributed by atoms with Crippen LogP contribution in [-0.4, -0.2) is 126 Å². The fraction of sp³-hybridized carbons (Fsp3) is 0.436. The van der Waals surface area contributed by atoms with Gasteiger partial charge in [0.15, 0.2) is 30.0 Å². The molecular weight excluding hydrogens is 1050 g/mol. The maximum absolute atomic E-state index is 13.6. The van der Waals surface area contributed by atoms with Crippen LogP contribution in [0.2, 0.25) is 0 Å². The lowest BCUT2D eigenvalue weighted by atomic mass is 10.1. The molecule has 0 saturated carbocycles. The number of pyridine rings is 2. The number of hydrogen-bond donors (Lipinski definition) is 3. The predicted molar refractivity (Wildman–Crippen MR) is 284 cm³/mol. The number of amides is 2. The van der Waals surface area contributed by atoms with Crippen molar-refractivity contribution in [2.75, 3.05) is 96.9 Å². The number of rotatable bonds is 13. The molecule has 4 saturated heterocycles. The number of aromatic nitrogens is 6. The van der Waals surface area contributed by atoms with E-state index in [1.807, 2.05) is 6.07 Å². The summed E-state index contributed by atoms with van der Waals surface area (Å²) in [5.41, 5.74) is 7.52. The molecule has 0 spiro atoms. The van der Waals surface area contributed by atoms with Crippen molar-refractivity contribution in [3.63, 3.8) is 0 Å². The van der Waals surface area contributed by atoms with Gasteiger partial charge in [-0.2, -0.15) is 36.3 Å². The average Bonchev–Trinajstić information content (AvgIpc) is 4.26. The van der Waals surface area contributed by atoms with Crippen molar-refractivity contribution in [1.29, 1.82) is 0 Å². The summed E-state index contributed by atoms with van der Waals surface area (Å²) >= 11 is 0. The number of alkyl halides is 6. The Kier molecular flexibility index (Phi) is 17.6. The molecule has 6 aromatic rings. The summed E-state index contributed by atoms with van der Waals surface area (Å²) < 4.78 is 112. The number of carbonyl (C=O) groups is 1. The van der Waals surface area contributed by atoms with Crippen LogP contribution in [0.3, 0.4) is 0 Å². The number of urea groups is 1. The first kappa shape index (κ1) is 55.7. The van der Waals surface area contributed by atoms with Crippen LogP contribution in [0.25, 0.3) is 22.5 Å². The Labute approximate surface area is 457 Å². The van der Waals surface area contributed by atoms with Gasteiger partial charge in [-0.1, -0.05) is 24.3 Å². The Morgan fingerprint density at radius 2 is 1.24 bits per heavy atom. The SMILES string of the molecule is FC(F)(F)c1cccc(-c2ccc3c(n2)N[C@H]2CCN3C2)c1.Nc1cncc(OCCOC2CCCCO2)n1.O=C(Nc1cncc(OCCOC2CCCCO2)n1)N1c2nc(-c3cccc(C(F)(F)F)c3)ccc2N2CC[C@H]1C2. The highest BCUT2D eigenvalue weighted by Crippen LogP contribution is 2.42. The Morgan fingerprint density at radius 3 is 1.85 bits per heavy atom. The van der Waals surface area contributed by atoms with Gasteiger partial charge in [0, 0.05) is 56.6 Å². The lowest BCUT2D eigenvalue weighted by molar-refractivity contribution is -0.165. The van der Waals surface area contributed by atoms with Gasteiger partial charge in [0.25, 0.3) is 0 Å². The molecule has 6 aliphatic heterocycles. The van der Waals surface area contributed by atoms with E-state index in [-0.39, 0.29) is 36.9 Å². The van der Waals surface area contributed by atoms with E-state index in [1.165, 1.54) is 36.9 Å². The first-order valence-corrected chi connectivity index (χ1v) is 26.6. The van der Waals surface area contributed by atoms with Gasteiger partial charge in [-0.3, -0.25) is 20.2 Å². The largest absolute Gasteiger partial charge is 0.474 e. The number of anilines is 6. The standard InChI is InChI=1S/C28H29F3N6O4.C16H14F3N3.C11H17N3O3/c29-28(30,31)19-5-3-4-18(14-19)21-7-8-22-26(33-21)37(20-9-10-36(22)17-20)27(38)35-23-15-32-16-24(34-23)39-12-13-41-25-6-1-2-11-40-25;17-16(18,19)11-3-1-2-10(8-11)13-4-5-14-15(21-13)20-12-6-7-22(14)9-12;12-9-7-13-8-10(14-9)15-5-6-17-11-3-1-2-4-16-11/h3-5,7-8,14-16,20,25H,1-2,6,9-13,17H2,(H,34,35,38);1-5,8,12H,6-7,9H2,(H,20,21);7-8,11H,1-6H2,(H2,12,14)/t20-,25?;12-;/m00./s1. The van der Waals surface area contributed by atoms with Crippen molar-refractivity contribution in [2.45, 2.75) is 88.4 Å². The molecule has 0 radical (unpaired) electrons. The van der Waals surface area contributed by atoms with Gasteiger partial charge in [-0.05, 0) is 99.9 Å². The number of fused-ring (bicyclic) bond motifs is 8. The molecule has 6 aliphatic rings. The highest BCUT2D eigenvalue weighted by molar-refractivity contribution is 6.04. The molecule has 2 unspecified atom stereocenters. The Balaban J connectivity index is 0.000000153. The van der Waals surface area contributed by atoms with Crippen molar-refractivity contribution >= 4 is 40.7 Å². The van der Waals surface area contributed by atoms with Crippen LogP contribution in [0, 0.1) is 0 Å². The topological polar surface area (TPSA) is 210 Å². The molecule has 4 fully saturated rings. The maximum Gasteiger partial charge on any atom is 0.416 e. The summed E-state index contributed by atoms with van der Waals surface area (Å²) in [6.07, 6.45) is 4.73. The Hall–Kier alpha value is -7.61. The molecule has 10 heterocycles. The summed E-state index contributed by atoms with van der Waals surface area (Å²) in [4.78, 5) is 45.0. The number of hydrogen-bond acceptors (Lipinski definition) is 17. The summed E-state index contributed by atoms with van der Waals surface area (Å²) in [5.74, 6) is 2.33. The third-order valence-corrected chi connectivity index (χ3v) is 13.9. The second-order valence-corrected chi connectivity index (χ2v) is 19.6. The molecule has 4 N–H and O–H groups in total. The molecule has 4 aromatic heterocycles. The van der Waals surface area contributed by atoms with Gasteiger partial charge in [-0.25, -0.2) is 14.8 Å². The van der Waals surface area contributed by atoms with Gasteiger partial charge in [0.2, 0.25) is 11.8 Å². The Bertz CT molecular complexity index is 3060. The zero-order valence-electron chi connectivity index (χ0n) is 43.5. The van der Waals surface area contributed by atoms with Crippen LogP contribution in [0.15, 0.2) is 97.6 Å². The number of benzene rings is 2. The van der Waals surface area contributed by atoms with Crippen molar-refractivity contribution in [1.82, 2.24) is 29.9 Å². The molecule has 2 aromatic carbocycles. The minimum Gasteiger partial charge on any atom is -0.474 e. The molecule has 19 nitrogen and oxygen atoms in total. The van der Waals surface area contributed by atoms with Crippen LogP contribution in [-0.2, 0) is 31.3 Å². The monoisotopic (exact) mass is 1110 g/mol. The number of ether oxygens (including phenoxy) is 6. The third kappa shape index (κ3) is 14.2. The number of nitrogens with one attached hydrogen (secondary N) is 2. The third-order valence-electron chi connectivity index (χ3n) is 13.9. The molecule has 4 bridgehead atoms.